The van der Waals surface area contributed by atoms with E-state index in [0.717, 1.165) is 11.3 Å². The van der Waals surface area contributed by atoms with Gasteiger partial charge in [0.25, 0.3) is 0 Å². The van der Waals surface area contributed by atoms with Crippen LogP contribution in [0.5, 0.6) is 5.75 Å². The summed E-state index contributed by atoms with van der Waals surface area (Å²) in [7, 11) is 1.85. The van der Waals surface area contributed by atoms with E-state index in [-0.39, 0.29) is 5.75 Å². The molecule has 0 fully saturated rings. The van der Waals surface area contributed by atoms with E-state index in [4.69, 9.17) is 5.11 Å². The summed E-state index contributed by atoms with van der Waals surface area (Å²) in [6.45, 7) is 0. The summed E-state index contributed by atoms with van der Waals surface area (Å²) in [5, 5.41) is 19.1. The number of aliphatic hydroxyl groups is 1. The van der Waals surface area contributed by atoms with Crippen LogP contribution < -0.4 is 0 Å². The van der Waals surface area contributed by atoms with Gasteiger partial charge in [-0.15, -0.1) is 0 Å². The predicted octanol–water partition coefficient (Wildman–Crippen LogP) is 1.40. The zero-order valence-corrected chi connectivity index (χ0v) is 9.04. The SMILES string of the molecule is Cn1cncc1C(O)Cc1ccc(O)cc1. The van der Waals surface area contributed by atoms with Gasteiger partial charge in [0, 0.05) is 13.5 Å². The molecule has 0 aliphatic carbocycles. The lowest BCUT2D eigenvalue weighted by atomic mass is 10.1. The van der Waals surface area contributed by atoms with Crippen molar-refractivity contribution in [3.05, 3.63) is 48.0 Å². The number of benzene rings is 1. The van der Waals surface area contributed by atoms with Gasteiger partial charge in [-0.3, -0.25) is 0 Å². The van der Waals surface area contributed by atoms with Crippen LogP contribution in [0, 0.1) is 0 Å². The van der Waals surface area contributed by atoms with Gasteiger partial charge in [0.2, 0.25) is 0 Å². The van der Waals surface area contributed by atoms with Crippen molar-refractivity contribution in [1.29, 1.82) is 0 Å². The molecule has 84 valence electrons. The Morgan fingerprint density at radius 1 is 1.31 bits per heavy atom. The molecule has 1 unspecified atom stereocenters. The number of aryl methyl sites for hydroxylation is 1. The Morgan fingerprint density at radius 3 is 2.56 bits per heavy atom. The number of imidazole rings is 1. The lowest BCUT2D eigenvalue weighted by Gasteiger charge is -2.11. The highest BCUT2D eigenvalue weighted by Crippen LogP contribution is 2.18. The molecule has 0 bridgehead atoms. The maximum atomic E-state index is 9.99. The summed E-state index contributed by atoms with van der Waals surface area (Å²) < 4.78 is 1.80. The van der Waals surface area contributed by atoms with Gasteiger partial charge in [-0.2, -0.15) is 0 Å². The first kappa shape index (κ1) is 10.7. The maximum Gasteiger partial charge on any atom is 0.115 e. The topological polar surface area (TPSA) is 58.3 Å². The zero-order valence-electron chi connectivity index (χ0n) is 9.04. The first-order chi connectivity index (χ1) is 7.66. The van der Waals surface area contributed by atoms with E-state index in [1.165, 1.54) is 0 Å². The Bertz CT molecular complexity index is 462. The lowest BCUT2D eigenvalue weighted by molar-refractivity contribution is 0.170. The van der Waals surface area contributed by atoms with Crippen LogP contribution in [0.15, 0.2) is 36.8 Å². The minimum absolute atomic E-state index is 0.235. The number of hydrogen-bond donors (Lipinski definition) is 2. The molecule has 0 aliphatic heterocycles. The third-order valence-corrected chi connectivity index (χ3v) is 2.56. The fraction of sp³-hybridized carbons (Fsp3) is 0.250. The Morgan fingerprint density at radius 2 is 2.00 bits per heavy atom. The highest BCUT2D eigenvalue weighted by molar-refractivity contribution is 5.26. The number of aromatic hydroxyl groups is 1. The lowest BCUT2D eigenvalue weighted by Crippen LogP contribution is -2.06. The molecule has 2 N–H and O–H groups in total. The zero-order chi connectivity index (χ0) is 11.5. The van der Waals surface area contributed by atoms with E-state index in [9.17, 15) is 5.11 Å². The normalized spacial score (nSPS) is 12.6. The number of rotatable bonds is 3. The number of aromatic nitrogens is 2. The minimum atomic E-state index is -0.572. The van der Waals surface area contributed by atoms with E-state index >= 15 is 0 Å². The van der Waals surface area contributed by atoms with Crippen LogP contribution in [-0.2, 0) is 13.5 Å². The molecule has 0 spiro atoms. The second kappa shape index (κ2) is 4.37. The van der Waals surface area contributed by atoms with Gasteiger partial charge in [-0.25, -0.2) is 4.98 Å². The third kappa shape index (κ3) is 2.23. The second-order valence-electron chi connectivity index (χ2n) is 3.82. The second-order valence-corrected chi connectivity index (χ2v) is 3.82. The number of nitrogens with zero attached hydrogens (tertiary/aromatic N) is 2. The molecular formula is C12H14N2O2. The largest absolute Gasteiger partial charge is 0.508 e. The van der Waals surface area contributed by atoms with Gasteiger partial charge < -0.3 is 14.8 Å². The Hall–Kier alpha value is -1.81. The van der Waals surface area contributed by atoms with Gasteiger partial charge in [-0.1, -0.05) is 12.1 Å². The highest BCUT2D eigenvalue weighted by Gasteiger charge is 2.11. The first-order valence-corrected chi connectivity index (χ1v) is 5.09. The predicted molar refractivity (Wildman–Crippen MR) is 60.0 cm³/mol. The van der Waals surface area contributed by atoms with Crippen molar-refractivity contribution < 1.29 is 10.2 Å². The van der Waals surface area contributed by atoms with Crippen LogP contribution in [0.4, 0.5) is 0 Å². The van der Waals surface area contributed by atoms with Crippen LogP contribution in [0.2, 0.25) is 0 Å². The van der Waals surface area contributed by atoms with Crippen LogP contribution >= 0.6 is 0 Å². The fourth-order valence-electron chi connectivity index (χ4n) is 1.65. The Balaban J connectivity index is 2.10. The van der Waals surface area contributed by atoms with Crippen molar-refractivity contribution in [2.24, 2.45) is 7.05 Å². The molecule has 16 heavy (non-hydrogen) atoms. The molecule has 1 heterocycles. The number of hydrogen-bond acceptors (Lipinski definition) is 3. The van der Waals surface area contributed by atoms with E-state index in [2.05, 4.69) is 4.98 Å². The van der Waals surface area contributed by atoms with Crippen molar-refractivity contribution in [3.8, 4) is 5.75 Å². The van der Waals surface area contributed by atoms with Crippen LogP contribution in [-0.4, -0.2) is 19.8 Å². The molecule has 0 radical (unpaired) electrons. The quantitative estimate of drug-likeness (QED) is 0.818. The van der Waals surface area contributed by atoms with Gasteiger partial charge in [0.15, 0.2) is 0 Å². The van der Waals surface area contributed by atoms with Crippen molar-refractivity contribution in [2.45, 2.75) is 12.5 Å². The summed E-state index contributed by atoms with van der Waals surface area (Å²) in [5.41, 5.74) is 1.76. The van der Waals surface area contributed by atoms with Crippen LogP contribution in [0.25, 0.3) is 0 Å². The van der Waals surface area contributed by atoms with Crippen LogP contribution in [0.3, 0.4) is 0 Å². The molecule has 1 aromatic heterocycles. The van der Waals surface area contributed by atoms with Gasteiger partial charge in [0.1, 0.15) is 5.75 Å². The molecule has 2 aromatic rings. The molecule has 4 heteroatoms. The van der Waals surface area contributed by atoms with E-state index in [1.807, 2.05) is 7.05 Å². The number of phenols is 1. The van der Waals surface area contributed by atoms with E-state index in [1.54, 1.807) is 41.4 Å². The van der Waals surface area contributed by atoms with Gasteiger partial charge in [-0.05, 0) is 17.7 Å². The number of aliphatic hydroxyl groups excluding tert-OH is 1. The first-order valence-electron chi connectivity index (χ1n) is 5.09. The minimum Gasteiger partial charge on any atom is -0.508 e. The van der Waals surface area contributed by atoms with E-state index in [0.29, 0.717) is 6.42 Å². The van der Waals surface area contributed by atoms with E-state index < -0.39 is 6.10 Å². The summed E-state index contributed by atoms with van der Waals surface area (Å²) in [5.74, 6) is 0.235. The van der Waals surface area contributed by atoms with Crippen LogP contribution in [0.1, 0.15) is 17.4 Å². The molecule has 1 aromatic carbocycles. The summed E-state index contributed by atoms with van der Waals surface area (Å²) >= 11 is 0. The molecule has 0 saturated carbocycles. The standard InChI is InChI=1S/C12H14N2O2/c1-14-8-13-7-11(14)12(16)6-9-2-4-10(15)5-3-9/h2-5,7-8,12,15-16H,6H2,1H3. The average Bonchev–Trinajstić information content (AvgIpc) is 2.68. The Kier molecular flexibility index (Phi) is 2.92. The maximum absolute atomic E-state index is 9.99. The molecule has 0 saturated heterocycles. The molecule has 0 amide bonds. The van der Waals surface area contributed by atoms with Crippen molar-refractivity contribution in [3.63, 3.8) is 0 Å². The summed E-state index contributed by atoms with van der Waals surface area (Å²) in [6, 6.07) is 6.83. The average molecular weight is 218 g/mol. The highest BCUT2D eigenvalue weighted by atomic mass is 16.3. The molecule has 4 nitrogen and oxygen atoms in total. The molecule has 2 rings (SSSR count). The third-order valence-electron chi connectivity index (χ3n) is 2.56. The Labute approximate surface area is 93.8 Å². The monoisotopic (exact) mass is 218 g/mol. The molecular weight excluding hydrogens is 204 g/mol. The number of phenolic OH excluding ortho intramolecular Hbond substituents is 1. The van der Waals surface area contributed by atoms with Gasteiger partial charge in [0.05, 0.1) is 24.3 Å². The summed E-state index contributed by atoms with van der Waals surface area (Å²) in [4.78, 5) is 3.96. The van der Waals surface area contributed by atoms with Crippen molar-refractivity contribution in [1.82, 2.24) is 9.55 Å². The molecule has 0 aliphatic rings. The van der Waals surface area contributed by atoms with Crippen molar-refractivity contribution in [2.75, 3.05) is 0 Å². The fourth-order valence-corrected chi connectivity index (χ4v) is 1.65. The molecule has 1 atom stereocenters. The van der Waals surface area contributed by atoms with Crippen molar-refractivity contribution >= 4 is 0 Å². The van der Waals surface area contributed by atoms with Gasteiger partial charge >= 0.3 is 0 Å². The summed E-state index contributed by atoms with van der Waals surface area (Å²) in [6.07, 6.45) is 3.26. The smallest absolute Gasteiger partial charge is 0.115 e.